The van der Waals surface area contributed by atoms with Crippen LogP contribution in [0.15, 0.2) is 53.1 Å². The highest BCUT2D eigenvalue weighted by Crippen LogP contribution is 2.27. The van der Waals surface area contributed by atoms with Crippen LogP contribution in [0.2, 0.25) is 0 Å². The summed E-state index contributed by atoms with van der Waals surface area (Å²) in [6, 6.07) is 10.8. The van der Waals surface area contributed by atoms with Crippen molar-refractivity contribution in [3.63, 3.8) is 0 Å². The summed E-state index contributed by atoms with van der Waals surface area (Å²) in [5, 5.41) is 16.7. The highest BCUT2D eigenvalue weighted by molar-refractivity contribution is 7.18. The number of anilines is 2. The molecular weight excluding hydrogens is 358 g/mol. The lowest BCUT2D eigenvalue weighted by Gasteiger charge is -2.07. The first-order chi connectivity index (χ1) is 12.5. The molecule has 0 saturated carbocycles. The molecule has 0 saturated heterocycles. The summed E-state index contributed by atoms with van der Waals surface area (Å²) in [5.74, 6) is -0.674. The van der Waals surface area contributed by atoms with Gasteiger partial charge in [0.25, 0.3) is 17.5 Å². The van der Waals surface area contributed by atoms with Gasteiger partial charge in [-0.05, 0) is 37.3 Å². The molecule has 2 N–H and O–H groups in total. The number of thiophene rings is 1. The molecule has 0 aliphatic heterocycles. The minimum atomic E-state index is -0.502. The van der Waals surface area contributed by atoms with Crippen LogP contribution in [0.4, 0.5) is 16.4 Å². The van der Waals surface area contributed by atoms with Crippen LogP contribution >= 0.6 is 11.3 Å². The second kappa shape index (κ2) is 7.19. The molecule has 0 aliphatic carbocycles. The van der Waals surface area contributed by atoms with E-state index in [1.165, 1.54) is 24.5 Å². The van der Waals surface area contributed by atoms with Gasteiger partial charge in [0, 0.05) is 6.07 Å². The highest BCUT2D eigenvalue weighted by Gasteiger charge is 2.17. The van der Waals surface area contributed by atoms with E-state index in [1.54, 1.807) is 31.2 Å². The smallest absolute Gasteiger partial charge is 0.291 e. The van der Waals surface area contributed by atoms with E-state index in [0.29, 0.717) is 21.1 Å². The summed E-state index contributed by atoms with van der Waals surface area (Å²) < 4.78 is 5.00. The highest BCUT2D eigenvalue weighted by atomic mass is 32.1. The number of amides is 2. The van der Waals surface area contributed by atoms with Crippen LogP contribution in [0.3, 0.4) is 0 Å². The van der Waals surface area contributed by atoms with Crippen LogP contribution in [-0.4, -0.2) is 16.7 Å². The van der Waals surface area contributed by atoms with Crippen molar-refractivity contribution in [3.8, 4) is 0 Å². The van der Waals surface area contributed by atoms with Crippen molar-refractivity contribution >= 4 is 39.5 Å². The van der Waals surface area contributed by atoms with Crippen molar-refractivity contribution in [2.75, 3.05) is 10.6 Å². The molecule has 0 radical (unpaired) electrons. The van der Waals surface area contributed by atoms with Gasteiger partial charge in [-0.15, -0.1) is 11.3 Å². The number of carbonyl (C=O) groups excluding carboxylic acids is 2. The maximum absolute atomic E-state index is 12.4. The lowest BCUT2D eigenvalue weighted by atomic mass is 10.1. The Bertz CT molecular complexity index is 978. The maximum Gasteiger partial charge on any atom is 0.291 e. The van der Waals surface area contributed by atoms with Crippen molar-refractivity contribution in [2.45, 2.75) is 6.92 Å². The summed E-state index contributed by atoms with van der Waals surface area (Å²) in [6.45, 7) is 1.57. The zero-order chi connectivity index (χ0) is 18.7. The van der Waals surface area contributed by atoms with E-state index in [0.717, 1.165) is 11.3 Å². The lowest BCUT2D eigenvalue weighted by molar-refractivity contribution is -0.385. The molecule has 0 spiro atoms. The number of nitrogens with zero attached hydrogens (tertiary/aromatic N) is 1. The standard InChI is InChI=1S/C17H13N3O5S/c1-10-11(4-2-5-12(10)20(23)24)18-17(22)14-7-8-15(26-14)19-16(21)13-6-3-9-25-13/h2-9H,1H3,(H,18,22)(H,19,21). The number of nitro benzene ring substituents is 1. The Labute approximate surface area is 151 Å². The Morgan fingerprint density at radius 1 is 1.08 bits per heavy atom. The molecule has 9 heteroatoms. The fourth-order valence-electron chi connectivity index (χ4n) is 2.25. The van der Waals surface area contributed by atoms with Crippen LogP contribution in [0, 0.1) is 17.0 Å². The Morgan fingerprint density at radius 2 is 1.88 bits per heavy atom. The number of carbonyl (C=O) groups is 2. The second-order valence-corrected chi connectivity index (χ2v) is 6.34. The topological polar surface area (TPSA) is 114 Å². The molecular formula is C17H13N3O5S. The van der Waals surface area contributed by atoms with Gasteiger partial charge in [-0.25, -0.2) is 0 Å². The Balaban J connectivity index is 1.72. The number of furan rings is 1. The molecule has 0 fully saturated rings. The minimum Gasteiger partial charge on any atom is -0.459 e. The summed E-state index contributed by atoms with van der Waals surface area (Å²) in [7, 11) is 0. The minimum absolute atomic E-state index is 0.0691. The Hall–Kier alpha value is -3.46. The van der Waals surface area contributed by atoms with Crippen molar-refractivity contribution in [1.29, 1.82) is 0 Å². The van der Waals surface area contributed by atoms with Crippen molar-refractivity contribution in [1.82, 2.24) is 0 Å². The summed E-state index contributed by atoms with van der Waals surface area (Å²) in [5.41, 5.74) is 0.660. The summed E-state index contributed by atoms with van der Waals surface area (Å²) in [6.07, 6.45) is 1.39. The quantitative estimate of drug-likeness (QED) is 0.518. The van der Waals surface area contributed by atoms with E-state index < -0.39 is 16.7 Å². The van der Waals surface area contributed by atoms with Gasteiger partial charge >= 0.3 is 0 Å². The summed E-state index contributed by atoms with van der Waals surface area (Å²) >= 11 is 1.08. The molecule has 8 nitrogen and oxygen atoms in total. The molecule has 3 rings (SSSR count). The molecule has 0 atom stereocenters. The van der Waals surface area contributed by atoms with Crippen LogP contribution < -0.4 is 10.6 Å². The molecule has 2 aromatic heterocycles. The van der Waals surface area contributed by atoms with Gasteiger partial charge in [0.15, 0.2) is 5.76 Å². The first-order valence-corrected chi connectivity index (χ1v) is 8.27. The SMILES string of the molecule is Cc1c(NC(=O)c2ccc(NC(=O)c3ccco3)s2)cccc1[N+](=O)[O-]. The van der Waals surface area contributed by atoms with Gasteiger partial charge in [0.05, 0.1) is 32.3 Å². The molecule has 0 aliphatic rings. The number of hydrogen-bond acceptors (Lipinski definition) is 6. The number of hydrogen-bond donors (Lipinski definition) is 2. The zero-order valence-corrected chi connectivity index (χ0v) is 14.3. The Morgan fingerprint density at radius 3 is 2.58 bits per heavy atom. The molecule has 3 aromatic rings. The van der Waals surface area contributed by atoms with E-state index in [9.17, 15) is 19.7 Å². The molecule has 26 heavy (non-hydrogen) atoms. The van der Waals surface area contributed by atoms with Gasteiger partial charge in [0.1, 0.15) is 0 Å². The van der Waals surface area contributed by atoms with Gasteiger partial charge in [-0.3, -0.25) is 19.7 Å². The molecule has 132 valence electrons. The predicted octanol–water partition coefficient (Wildman–Crippen LogP) is 4.06. The molecule has 2 heterocycles. The number of benzene rings is 1. The van der Waals surface area contributed by atoms with Gasteiger partial charge in [-0.2, -0.15) is 0 Å². The number of rotatable bonds is 5. The largest absolute Gasteiger partial charge is 0.459 e. The average Bonchev–Trinajstić information content (AvgIpc) is 3.28. The van der Waals surface area contributed by atoms with Crippen molar-refractivity contribution in [3.05, 3.63) is 75.0 Å². The summed E-state index contributed by atoms with van der Waals surface area (Å²) in [4.78, 5) is 35.1. The maximum atomic E-state index is 12.4. The second-order valence-electron chi connectivity index (χ2n) is 5.26. The third kappa shape index (κ3) is 3.62. The normalized spacial score (nSPS) is 10.3. The third-order valence-corrected chi connectivity index (χ3v) is 4.56. The Kier molecular flexibility index (Phi) is 4.81. The van der Waals surface area contributed by atoms with Crippen LogP contribution in [0.5, 0.6) is 0 Å². The van der Waals surface area contributed by atoms with Crippen molar-refractivity contribution < 1.29 is 18.9 Å². The van der Waals surface area contributed by atoms with Crippen LogP contribution in [-0.2, 0) is 0 Å². The fourth-order valence-corrected chi connectivity index (χ4v) is 3.05. The number of nitro groups is 1. The van der Waals surface area contributed by atoms with E-state index in [-0.39, 0.29) is 11.4 Å². The average molecular weight is 371 g/mol. The fraction of sp³-hybridized carbons (Fsp3) is 0.0588. The lowest BCUT2D eigenvalue weighted by Crippen LogP contribution is -2.12. The zero-order valence-electron chi connectivity index (χ0n) is 13.5. The van der Waals surface area contributed by atoms with E-state index >= 15 is 0 Å². The van der Waals surface area contributed by atoms with Gasteiger partial charge in [0.2, 0.25) is 0 Å². The van der Waals surface area contributed by atoms with Crippen LogP contribution in [0.1, 0.15) is 25.8 Å². The third-order valence-electron chi connectivity index (χ3n) is 3.56. The van der Waals surface area contributed by atoms with Gasteiger partial charge < -0.3 is 15.1 Å². The van der Waals surface area contributed by atoms with E-state index in [1.807, 2.05) is 0 Å². The van der Waals surface area contributed by atoms with E-state index in [2.05, 4.69) is 10.6 Å². The van der Waals surface area contributed by atoms with Crippen LogP contribution in [0.25, 0.3) is 0 Å². The number of nitrogens with one attached hydrogen (secondary N) is 2. The monoisotopic (exact) mass is 371 g/mol. The van der Waals surface area contributed by atoms with Gasteiger partial charge in [-0.1, -0.05) is 6.07 Å². The first kappa shape index (κ1) is 17.4. The predicted molar refractivity (Wildman–Crippen MR) is 96.8 cm³/mol. The molecule has 0 unspecified atom stereocenters. The first-order valence-electron chi connectivity index (χ1n) is 7.46. The molecule has 0 bridgehead atoms. The molecule has 2 amide bonds. The van der Waals surface area contributed by atoms with Crippen molar-refractivity contribution in [2.24, 2.45) is 0 Å². The van der Waals surface area contributed by atoms with E-state index in [4.69, 9.17) is 4.42 Å². The molecule has 1 aromatic carbocycles.